The number of ketones is 1. The lowest BCUT2D eigenvalue weighted by molar-refractivity contribution is 0.0992. The SMILES string of the molecule is CCc1nn(C)cc1CC(=O)c1nc2ccccc2s1. The van der Waals surface area contributed by atoms with E-state index in [1.807, 2.05) is 44.4 Å². The van der Waals surface area contributed by atoms with Crippen LogP contribution in [-0.4, -0.2) is 20.5 Å². The molecule has 2 heterocycles. The van der Waals surface area contributed by atoms with E-state index in [2.05, 4.69) is 10.1 Å². The molecule has 0 N–H and O–H groups in total. The Hall–Kier alpha value is -2.01. The number of benzene rings is 1. The number of nitrogens with zero attached hydrogens (tertiary/aromatic N) is 3. The van der Waals surface area contributed by atoms with Gasteiger partial charge >= 0.3 is 0 Å². The summed E-state index contributed by atoms with van der Waals surface area (Å²) in [4.78, 5) is 16.8. The van der Waals surface area contributed by atoms with Crippen LogP contribution in [0.4, 0.5) is 0 Å². The van der Waals surface area contributed by atoms with E-state index in [4.69, 9.17) is 0 Å². The Kier molecular flexibility index (Phi) is 3.36. The second kappa shape index (κ2) is 5.17. The average molecular weight is 285 g/mol. The van der Waals surface area contributed by atoms with Gasteiger partial charge in [-0.05, 0) is 18.6 Å². The van der Waals surface area contributed by atoms with Crippen molar-refractivity contribution in [1.82, 2.24) is 14.8 Å². The van der Waals surface area contributed by atoms with Gasteiger partial charge in [-0.2, -0.15) is 5.10 Å². The van der Waals surface area contributed by atoms with Gasteiger partial charge in [-0.25, -0.2) is 4.98 Å². The molecular weight excluding hydrogens is 270 g/mol. The van der Waals surface area contributed by atoms with Gasteiger partial charge in [-0.3, -0.25) is 9.48 Å². The number of fused-ring (bicyclic) bond motifs is 1. The number of hydrogen-bond donors (Lipinski definition) is 0. The van der Waals surface area contributed by atoms with E-state index in [0.717, 1.165) is 27.9 Å². The van der Waals surface area contributed by atoms with E-state index in [1.165, 1.54) is 11.3 Å². The van der Waals surface area contributed by atoms with Crippen molar-refractivity contribution < 1.29 is 4.79 Å². The first-order chi connectivity index (χ1) is 9.67. The van der Waals surface area contributed by atoms with E-state index in [9.17, 15) is 4.79 Å². The number of thiazole rings is 1. The van der Waals surface area contributed by atoms with Gasteiger partial charge in [0.25, 0.3) is 0 Å². The highest BCUT2D eigenvalue weighted by atomic mass is 32.1. The molecule has 0 saturated carbocycles. The van der Waals surface area contributed by atoms with Gasteiger partial charge in [-0.1, -0.05) is 19.1 Å². The Bertz CT molecular complexity index is 739. The van der Waals surface area contributed by atoms with Crippen LogP contribution in [0.2, 0.25) is 0 Å². The van der Waals surface area contributed by atoms with Crippen molar-refractivity contribution in [1.29, 1.82) is 0 Å². The molecule has 0 saturated heterocycles. The number of Topliss-reactive ketones (excluding diaryl/α,β-unsaturated/α-hetero) is 1. The van der Waals surface area contributed by atoms with Crippen LogP contribution in [0.25, 0.3) is 10.2 Å². The van der Waals surface area contributed by atoms with Crippen molar-refractivity contribution in [2.45, 2.75) is 19.8 Å². The minimum absolute atomic E-state index is 0.0638. The number of para-hydroxylation sites is 1. The minimum Gasteiger partial charge on any atom is -0.291 e. The predicted octanol–water partition coefficient (Wildman–Crippen LogP) is 3.02. The summed E-state index contributed by atoms with van der Waals surface area (Å²) in [5.74, 6) is 0.0638. The van der Waals surface area contributed by atoms with E-state index in [0.29, 0.717) is 11.4 Å². The monoisotopic (exact) mass is 285 g/mol. The zero-order valence-corrected chi connectivity index (χ0v) is 12.3. The zero-order chi connectivity index (χ0) is 14.1. The maximum absolute atomic E-state index is 12.4. The largest absolute Gasteiger partial charge is 0.291 e. The minimum atomic E-state index is 0.0638. The number of carbonyl (C=O) groups excluding carboxylic acids is 1. The Balaban J connectivity index is 1.88. The molecule has 3 aromatic rings. The second-order valence-corrected chi connectivity index (χ2v) is 5.75. The van der Waals surface area contributed by atoms with Crippen molar-refractivity contribution >= 4 is 27.3 Å². The third-order valence-corrected chi connectivity index (χ3v) is 4.29. The first kappa shape index (κ1) is 13.0. The van der Waals surface area contributed by atoms with Crippen LogP contribution >= 0.6 is 11.3 Å². The van der Waals surface area contributed by atoms with E-state index in [1.54, 1.807) is 4.68 Å². The highest BCUT2D eigenvalue weighted by molar-refractivity contribution is 7.20. The molecule has 20 heavy (non-hydrogen) atoms. The molecule has 0 atom stereocenters. The van der Waals surface area contributed by atoms with Gasteiger partial charge in [0.15, 0.2) is 10.8 Å². The van der Waals surface area contributed by atoms with Crippen molar-refractivity contribution in [3.8, 4) is 0 Å². The fourth-order valence-corrected chi connectivity index (χ4v) is 3.17. The summed E-state index contributed by atoms with van der Waals surface area (Å²) in [6.07, 6.45) is 3.13. The molecule has 0 spiro atoms. The van der Waals surface area contributed by atoms with Gasteiger partial charge in [0.05, 0.1) is 15.9 Å². The van der Waals surface area contributed by atoms with E-state index < -0.39 is 0 Å². The average Bonchev–Trinajstić information content (AvgIpc) is 3.01. The number of carbonyl (C=O) groups is 1. The van der Waals surface area contributed by atoms with Gasteiger partial charge in [0.1, 0.15) is 0 Å². The zero-order valence-electron chi connectivity index (χ0n) is 11.5. The van der Waals surface area contributed by atoms with Crippen LogP contribution in [0.5, 0.6) is 0 Å². The molecule has 5 heteroatoms. The van der Waals surface area contributed by atoms with Crippen molar-refractivity contribution in [2.75, 3.05) is 0 Å². The summed E-state index contributed by atoms with van der Waals surface area (Å²) in [6, 6.07) is 7.83. The first-order valence-electron chi connectivity index (χ1n) is 6.57. The van der Waals surface area contributed by atoms with Gasteiger partial charge in [0.2, 0.25) is 0 Å². The number of rotatable bonds is 4. The molecule has 4 nitrogen and oxygen atoms in total. The standard InChI is InChI=1S/C15H15N3OS/c1-3-11-10(9-18(2)17-11)8-13(19)15-16-12-6-4-5-7-14(12)20-15/h4-7,9H,3,8H2,1-2H3. The van der Waals surface area contributed by atoms with Crippen molar-refractivity contribution in [2.24, 2.45) is 7.05 Å². The summed E-state index contributed by atoms with van der Waals surface area (Å²) in [5, 5.41) is 4.95. The predicted molar refractivity (Wildman–Crippen MR) is 80.2 cm³/mol. The highest BCUT2D eigenvalue weighted by Gasteiger charge is 2.16. The van der Waals surface area contributed by atoms with Crippen molar-refractivity contribution in [3.05, 3.63) is 46.7 Å². The third kappa shape index (κ3) is 2.36. The molecule has 0 bridgehead atoms. The summed E-state index contributed by atoms with van der Waals surface area (Å²) in [5.41, 5.74) is 2.88. The lowest BCUT2D eigenvalue weighted by Crippen LogP contribution is -2.04. The number of aromatic nitrogens is 3. The van der Waals surface area contributed by atoms with Crippen LogP contribution in [0.1, 0.15) is 28.0 Å². The molecule has 0 amide bonds. The number of hydrogen-bond acceptors (Lipinski definition) is 4. The molecule has 0 aliphatic rings. The maximum Gasteiger partial charge on any atom is 0.195 e. The Morgan fingerprint density at radius 2 is 2.15 bits per heavy atom. The molecule has 102 valence electrons. The normalized spacial score (nSPS) is 11.1. The molecule has 0 radical (unpaired) electrons. The van der Waals surface area contributed by atoms with Gasteiger partial charge in [0, 0.05) is 25.2 Å². The molecule has 2 aromatic heterocycles. The van der Waals surface area contributed by atoms with E-state index in [-0.39, 0.29) is 5.78 Å². The fraction of sp³-hybridized carbons (Fsp3) is 0.267. The lowest BCUT2D eigenvalue weighted by atomic mass is 10.1. The van der Waals surface area contributed by atoms with Gasteiger partial charge in [-0.15, -0.1) is 11.3 Å². The lowest BCUT2D eigenvalue weighted by Gasteiger charge is -1.96. The second-order valence-electron chi connectivity index (χ2n) is 4.71. The molecule has 1 aromatic carbocycles. The molecule has 0 aliphatic heterocycles. The summed E-state index contributed by atoms with van der Waals surface area (Å²) >= 11 is 1.46. The topological polar surface area (TPSA) is 47.8 Å². The summed E-state index contributed by atoms with van der Waals surface area (Å²) in [6.45, 7) is 2.05. The maximum atomic E-state index is 12.4. The van der Waals surface area contributed by atoms with Gasteiger partial charge < -0.3 is 0 Å². The fourth-order valence-electron chi connectivity index (χ4n) is 2.27. The van der Waals surface area contributed by atoms with Crippen LogP contribution in [0.3, 0.4) is 0 Å². The molecular formula is C15H15N3OS. The Morgan fingerprint density at radius 1 is 1.35 bits per heavy atom. The van der Waals surface area contributed by atoms with Crippen LogP contribution in [-0.2, 0) is 19.9 Å². The van der Waals surface area contributed by atoms with Crippen LogP contribution < -0.4 is 0 Å². The summed E-state index contributed by atoms with van der Waals surface area (Å²) in [7, 11) is 1.88. The van der Waals surface area contributed by atoms with Crippen molar-refractivity contribution in [3.63, 3.8) is 0 Å². The van der Waals surface area contributed by atoms with Crippen LogP contribution in [0.15, 0.2) is 30.5 Å². The Labute approximate surface area is 121 Å². The molecule has 0 unspecified atom stereocenters. The van der Waals surface area contributed by atoms with E-state index >= 15 is 0 Å². The molecule has 0 aliphatic carbocycles. The molecule has 0 fully saturated rings. The van der Waals surface area contributed by atoms with Crippen LogP contribution in [0, 0.1) is 0 Å². The third-order valence-electron chi connectivity index (χ3n) is 3.21. The molecule has 3 rings (SSSR count). The number of aryl methyl sites for hydroxylation is 2. The highest BCUT2D eigenvalue weighted by Crippen LogP contribution is 2.23. The quantitative estimate of drug-likeness (QED) is 0.692. The summed E-state index contributed by atoms with van der Waals surface area (Å²) < 4.78 is 2.82. The first-order valence-corrected chi connectivity index (χ1v) is 7.39. The smallest absolute Gasteiger partial charge is 0.195 e. The Morgan fingerprint density at radius 3 is 2.90 bits per heavy atom.